The summed E-state index contributed by atoms with van der Waals surface area (Å²) in [5.41, 5.74) is 1.50. The van der Waals surface area contributed by atoms with E-state index in [2.05, 4.69) is 40.7 Å². The zero-order valence-corrected chi connectivity index (χ0v) is 12.8. The molecule has 0 bridgehead atoms. The predicted molar refractivity (Wildman–Crippen MR) is 82.8 cm³/mol. The van der Waals surface area contributed by atoms with Gasteiger partial charge < -0.3 is 9.73 Å². The van der Waals surface area contributed by atoms with E-state index in [0.29, 0.717) is 0 Å². The summed E-state index contributed by atoms with van der Waals surface area (Å²) in [6, 6.07) is 6.47. The number of nitrogens with zero attached hydrogens (tertiary/aromatic N) is 1. The molecule has 0 saturated carbocycles. The molecular formula is C16H22N2OS. The van der Waals surface area contributed by atoms with Gasteiger partial charge in [0.25, 0.3) is 0 Å². The third kappa shape index (κ3) is 3.32. The van der Waals surface area contributed by atoms with Gasteiger partial charge in [-0.2, -0.15) is 0 Å². The summed E-state index contributed by atoms with van der Waals surface area (Å²) >= 11 is 1.89. The molecule has 108 valence electrons. The number of nitrogens with one attached hydrogen (secondary N) is 1. The Hall–Kier alpha value is -1.10. The van der Waals surface area contributed by atoms with Crippen molar-refractivity contribution in [2.24, 2.45) is 0 Å². The minimum absolute atomic E-state index is 0.836. The minimum Gasteiger partial charge on any atom is -0.463 e. The topological polar surface area (TPSA) is 28.4 Å². The standard InChI is InChI=1S/C16H22N2OS/c1-2-7-17-10-14-3-4-15(19-14)12-18-8-5-16-13(11-18)6-9-20-16/h3-4,6,9,17H,2,5,7-8,10-12H2,1H3. The molecule has 3 rings (SSSR count). The van der Waals surface area contributed by atoms with E-state index in [1.807, 2.05) is 11.3 Å². The number of furan rings is 1. The van der Waals surface area contributed by atoms with Crippen molar-refractivity contribution in [3.63, 3.8) is 0 Å². The van der Waals surface area contributed by atoms with Crippen molar-refractivity contribution >= 4 is 11.3 Å². The number of hydrogen-bond acceptors (Lipinski definition) is 4. The van der Waals surface area contributed by atoms with E-state index in [9.17, 15) is 0 Å². The van der Waals surface area contributed by atoms with Crippen LogP contribution in [0.25, 0.3) is 0 Å². The number of rotatable bonds is 6. The van der Waals surface area contributed by atoms with Gasteiger partial charge in [0.05, 0.1) is 13.1 Å². The lowest BCUT2D eigenvalue weighted by atomic mass is 10.1. The molecule has 0 radical (unpaired) electrons. The van der Waals surface area contributed by atoms with Gasteiger partial charge in [0.1, 0.15) is 11.5 Å². The van der Waals surface area contributed by atoms with Crippen molar-refractivity contribution < 1.29 is 4.42 Å². The molecule has 3 heterocycles. The molecule has 0 unspecified atom stereocenters. The fourth-order valence-corrected chi connectivity index (χ4v) is 3.54. The lowest BCUT2D eigenvalue weighted by Crippen LogP contribution is -2.28. The van der Waals surface area contributed by atoms with Crippen LogP contribution in [0.2, 0.25) is 0 Å². The van der Waals surface area contributed by atoms with E-state index in [1.54, 1.807) is 4.88 Å². The highest BCUT2D eigenvalue weighted by Crippen LogP contribution is 2.25. The second kappa shape index (κ2) is 6.57. The Bertz CT molecular complexity index is 546. The maximum absolute atomic E-state index is 5.90. The Balaban J connectivity index is 1.54. The lowest BCUT2D eigenvalue weighted by Gasteiger charge is -2.25. The summed E-state index contributed by atoms with van der Waals surface area (Å²) < 4.78 is 5.90. The van der Waals surface area contributed by atoms with Gasteiger partial charge in [-0.3, -0.25) is 4.90 Å². The zero-order valence-electron chi connectivity index (χ0n) is 12.0. The van der Waals surface area contributed by atoms with Crippen molar-refractivity contribution in [2.45, 2.75) is 39.4 Å². The molecule has 2 aromatic heterocycles. The Labute approximate surface area is 124 Å². The number of fused-ring (bicyclic) bond motifs is 1. The third-order valence-corrected chi connectivity index (χ3v) is 4.73. The molecule has 0 fully saturated rings. The van der Waals surface area contributed by atoms with Crippen LogP contribution in [0.15, 0.2) is 28.0 Å². The molecule has 0 aliphatic carbocycles. The molecule has 2 aromatic rings. The van der Waals surface area contributed by atoms with Gasteiger partial charge in [-0.15, -0.1) is 11.3 Å². The first-order chi connectivity index (χ1) is 9.85. The summed E-state index contributed by atoms with van der Waals surface area (Å²) in [5, 5.41) is 5.58. The highest BCUT2D eigenvalue weighted by molar-refractivity contribution is 7.10. The molecule has 0 amide bonds. The summed E-state index contributed by atoms with van der Waals surface area (Å²) in [5.74, 6) is 2.12. The van der Waals surface area contributed by atoms with Crippen LogP contribution in [0.3, 0.4) is 0 Å². The van der Waals surface area contributed by atoms with Gasteiger partial charge in [-0.25, -0.2) is 0 Å². The third-order valence-electron chi connectivity index (χ3n) is 3.71. The molecule has 0 saturated heterocycles. The monoisotopic (exact) mass is 290 g/mol. The Morgan fingerprint density at radius 2 is 2.20 bits per heavy atom. The summed E-state index contributed by atoms with van der Waals surface area (Å²) in [7, 11) is 0. The molecule has 0 spiro atoms. The van der Waals surface area contributed by atoms with Crippen molar-refractivity contribution in [1.29, 1.82) is 0 Å². The van der Waals surface area contributed by atoms with E-state index < -0.39 is 0 Å². The van der Waals surface area contributed by atoms with Crippen LogP contribution in [0, 0.1) is 0 Å². The van der Waals surface area contributed by atoms with E-state index in [1.165, 1.54) is 12.0 Å². The molecule has 3 nitrogen and oxygen atoms in total. The Morgan fingerprint density at radius 1 is 1.30 bits per heavy atom. The number of thiophene rings is 1. The molecule has 1 aliphatic rings. The Kier molecular flexibility index (Phi) is 4.55. The minimum atomic E-state index is 0.836. The fourth-order valence-electron chi connectivity index (χ4n) is 2.65. The van der Waals surface area contributed by atoms with Gasteiger partial charge in [-0.05, 0) is 48.5 Å². The van der Waals surface area contributed by atoms with Gasteiger partial charge in [0, 0.05) is 18.0 Å². The average Bonchev–Trinajstić information content (AvgIpc) is 3.08. The van der Waals surface area contributed by atoms with Crippen LogP contribution < -0.4 is 5.32 Å². The van der Waals surface area contributed by atoms with Crippen LogP contribution in [-0.4, -0.2) is 18.0 Å². The second-order valence-electron chi connectivity index (χ2n) is 5.37. The highest BCUT2D eigenvalue weighted by Gasteiger charge is 2.18. The lowest BCUT2D eigenvalue weighted by molar-refractivity contribution is 0.225. The molecular weight excluding hydrogens is 268 g/mol. The molecule has 4 heteroatoms. The van der Waals surface area contributed by atoms with Gasteiger partial charge in [0.2, 0.25) is 0 Å². The van der Waals surface area contributed by atoms with E-state index in [0.717, 1.165) is 50.7 Å². The van der Waals surface area contributed by atoms with Crippen molar-refractivity contribution in [1.82, 2.24) is 10.2 Å². The summed E-state index contributed by atoms with van der Waals surface area (Å²) in [6.07, 6.45) is 2.34. The SMILES string of the molecule is CCCNCc1ccc(CN2CCc3sccc3C2)o1. The van der Waals surface area contributed by atoms with E-state index in [4.69, 9.17) is 4.42 Å². The van der Waals surface area contributed by atoms with Gasteiger partial charge in [-0.1, -0.05) is 6.92 Å². The first kappa shape index (κ1) is 13.9. The van der Waals surface area contributed by atoms with Crippen molar-refractivity contribution in [3.05, 3.63) is 45.5 Å². The van der Waals surface area contributed by atoms with Gasteiger partial charge >= 0.3 is 0 Å². The predicted octanol–water partition coefficient (Wildman–Crippen LogP) is 3.40. The molecule has 20 heavy (non-hydrogen) atoms. The average molecular weight is 290 g/mol. The first-order valence-corrected chi connectivity index (χ1v) is 8.29. The van der Waals surface area contributed by atoms with Crippen LogP contribution in [0.1, 0.15) is 35.3 Å². The first-order valence-electron chi connectivity index (χ1n) is 7.41. The van der Waals surface area contributed by atoms with E-state index >= 15 is 0 Å². The quantitative estimate of drug-likeness (QED) is 0.827. The normalized spacial score (nSPS) is 15.4. The van der Waals surface area contributed by atoms with Gasteiger partial charge in [0.15, 0.2) is 0 Å². The molecule has 1 aliphatic heterocycles. The van der Waals surface area contributed by atoms with Crippen LogP contribution in [0.4, 0.5) is 0 Å². The Morgan fingerprint density at radius 3 is 3.10 bits per heavy atom. The smallest absolute Gasteiger partial charge is 0.118 e. The largest absolute Gasteiger partial charge is 0.463 e. The number of hydrogen-bond donors (Lipinski definition) is 1. The molecule has 0 aromatic carbocycles. The van der Waals surface area contributed by atoms with Crippen LogP contribution in [0.5, 0.6) is 0 Å². The highest BCUT2D eigenvalue weighted by atomic mass is 32.1. The summed E-state index contributed by atoms with van der Waals surface area (Å²) in [4.78, 5) is 4.03. The van der Waals surface area contributed by atoms with Crippen LogP contribution >= 0.6 is 11.3 Å². The maximum Gasteiger partial charge on any atom is 0.118 e. The second-order valence-corrected chi connectivity index (χ2v) is 6.38. The summed E-state index contributed by atoms with van der Waals surface area (Å²) in [6.45, 7) is 7.17. The molecule has 0 atom stereocenters. The van der Waals surface area contributed by atoms with Crippen molar-refractivity contribution in [2.75, 3.05) is 13.1 Å². The zero-order chi connectivity index (χ0) is 13.8. The van der Waals surface area contributed by atoms with Crippen molar-refractivity contribution in [3.8, 4) is 0 Å². The van der Waals surface area contributed by atoms with E-state index in [-0.39, 0.29) is 0 Å². The van der Waals surface area contributed by atoms with Crippen LogP contribution in [-0.2, 0) is 26.1 Å². The maximum atomic E-state index is 5.90. The fraction of sp³-hybridized carbons (Fsp3) is 0.500. The molecule has 1 N–H and O–H groups in total.